The second-order valence-electron chi connectivity index (χ2n) is 4.05. The van der Waals surface area contributed by atoms with Crippen LogP contribution in [0.3, 0.4) is 0 Å². The highest BCUT2D eigenvalue weighted by molar-refractivity contribution is 6.01. The number of carboxylic acid groups (broad SMARTS) is 1. The molecule has 2 rings (SSSR count). The first-order valence-electron chi connectivity index (χ1n) is 6.02. The van der Waals surface area contributed by atoms with Gasteiger partial charge in [-0.1, -0.05) is 6.92 Å². The molecule has 0 radical (unpaired) electrons. The van der Waals surface area contributed by atoms with Gasteiger partial charge in [-0.15, -0.1) is 5.10 Å². The quantitative estimate of drug-likeness (QED) is 0.751. The van der Waals surface area contributed by atoms with Crippen LogP contribution in [0.15, 0.2) is 18.3 Å². The van der Waals surface area contributed by atoms with Crippen LogP contribution in [0.25, 0.3) is 0 Å². The van der Waals surface area contributed by atoms with Crippen LogP contribution in [0, 0.1) is 0 Å². The molecule has 0 bridgehead atoms. The maximum absolute atomic E-state index is 11.9. The fourth-order valence-electron chi connectivity index (χ4n) is 1.53. The van der Waals surface area contributed by atoms with Crippen LogP contribution in [-0.4, -0.2) is 37.1 Å². The number of aromatic carboxylic acids is 1. The smallest absolute Gasteiger partial charge is 0.354 e. The van der Waals surface area contributed by atoms with Crippen LogP contribution in [0.5, 0.6) is 0 Å². The molecule has 0 atom stereocenters. The zero-order chi connectivity index (χ0) is 14.5. The number of aryl methyl sites for hydroxylation is 1. The summed E-state index contributed by atoms with van der Waals surface area (Å²) in [6, 6.07) is 2.76. The van der Waals surface area contributed by atoms with Crippen LogP contribution in [0.1, 0.15) is 40.3 Å². The lowest BCUT2D eigenvalue weighted by atomic mass is 10.3. The van der Waals surface area contributed by atoms with E-state index in [1.54, 1.807) is 0 Å². The molecular weight excluding hydrogens is 262 g/mol. The predicted octanol–water partition coefficient (Wildman–Crippen LogP) is 1.10. The Bertz CT molecular complexity index is 620. The molecule has 8 nitrogen and oxygen atoms in total. The number of carbonyl (C=O) groups excluding carboxylic acids is 1. The second-order valence-corrected chi connectivity index (χ2v) is 4.05. The van der Waals surface area contributed by atoms with Gasteiger partial charge >= 0.3 is 5.97 Å². The molecule has 2 aromatic rings. The van der Waals surface area contributed by atoms with Crippen molar-refractivity contribution in [3.63, 3.8) is 0 Å². The number of hydrogen-bond acceptors (Lipinski definition) is 5. The van der Waals surface area contributed by atoms with Gasteiger partial charge in [0.15, 0.2) is 0 Å². The fourth-order valence-corrected chi connectivity index (χ4v) is 1.53. The van der Waals surface area contributed by atoms with Gasteiger partial charge in [0.1, 0.15) is 11.5 Å². The summed E-state index contributed by atoms with van der Waals surface area (Å²) in [5.41, 5.74) is 0.285. The molecule has 104 valence electrons. The molecule has 0 aliphatic rings. The Morgan fingerprint density at radius 1 is 1.40 bits per heavy atom. The van der Waals surface area contributed by atoms with E-state index in [0.717, 1.165) is 12.8 Å². The third-order valence-electron chi connectivity index (χ3n) is 2.46. The molecule has 0 saturated carbocycles. The first-order chi connectivity index (χ1) is 9.60. The second kappa shape index (κ2) is 5.91. The minimum absolute atomic E-state index is 0.0377. The summed E-state index contributed by atoms with van der Waals surface area (Å²) >= 11 is 0. The van der Waals surface area contributed by atoms with Gasteiger partial charge in [-0.05, 0) is 18.6 Å². The van der Waals surface area contributed by atoms with Crippen LogP contribution in [0.4, 0.5) is 5.69 Å². The van der Waals surface area contributed by atoms with Gasteiger partial charge in [0.05, 0.1) is 11.9 Å². The van der Waals surface area contributed by atoms with E-state index in [0.29, 0.717) is 11.5 Å². The number of hydrogen-bond donors (Lipinski definition) is 3. The van der Waals surface area contributed by atoms with Crippen molar-refractivity contribution in [2.24, 2.45) is 0 Å². The van der Waals surface area contributed by atoms with Crippen molar-refractivity contribution < 1.29 is 14.7 Å². The third kappa shape index (κ3) is 3.16. The van der Waals surface area contributed by atoms with E-state index in [1.165, 1.54) is 18.3 Å². The van der Waals surface area contributed by atoms with Gasteiger partial charge in [0.25, 0.3) is 5.91 Å². The van der Waals surface area contributed by atoms with E-state index in [-0.39, 0.29) is 11.5 Å². The maximum atomic E-state index is 11.9. The minimum Gasteiger partial charge on any atom is -0.477 e. The van der Waals surface area contributed by atoms with E-state index in [1.807, 2.05) is 6.92 Å². The molecule has 8 heteroatoms. The number of anilines is 1. The average Bonchev–Trinajstić information content (AvgIpc) is 2.88. The number of pyridine rings is 1. The molecule has 0 aliphatic carbocycles. The zero-order valence-electron chi connectivity index (χ0n) is 10.8. The van der Waals surface area contributed by atoms with E-state index in [4.69, 9.17) is 5.11 Å². The van der Waals surface area contributed by atoms with Crippen LogP contribution < -0.4 is 5.32 Å². The summed E-state index contributed by atoms with van der Waals surface area (Å²) in [6.07, 6.45) is 2.88. The average molecular weight is 275 g/mol. The lowest BCUT2D eigenvalue weighted by molar-refractivity contribution is 0.0690. The normalized spacial score (nSPS) is 10.2. The number of nitrogens with zero attached hydrogens (tertiary/aromatic N) is 3. The minimum atomic E-state index is -1.12. The van der Waals surface area contributed by atoms with Crippen LogP contribution >= 0.6 is 0 Å². The molecule has 0 spiro atoms. The summed E-state index contributed by atoms with van der Waals surface area (Å²) in [5, 5.41) is 17.8. The summed E-state index contributed by atoms with van der Waals surface area (Å²) in [7, 11) is 0. The summed E-state index contributed by atoms with van der Waals surface area (Å²) in [5.74, 6) is -0.915. The third-order valence-corrected chi connectivity index (χ3v) is 2.46. The molecule has 1 amide bonds. The predicted molar refractivity (Wildman–Crippen MR) is 69.5 cm³/mol. The largest absolute Gasteiger partial charge is 0.477 e. The van der Waals surface area contributed by atoms with Gasteiger partial charge in [-0.25, -0.2) is 14.8 Å². The van der Waals surface area contributed by atoms with Crippen molar-refractivity contribution in [3.8, 4) is 0 Å². The SMILES string of the molecule is CCCc1nc(C(=O)Nc2ccc(C(=O)O)nc2)n[nH]1. The Morgan fingerprint density at radius 3 is 2.80 bits per heavy atom. The summed E-state index contributed by atoms with van der Waals surface area (Å²) in [6.45, 7) is 2.00. The van der Waals surface area contributed by atoms with Crippen molar-refractivity contribution in [2.75, 3.05) is 5.32 Å². The number of rotatable bonds is 5. The van der Waals surface area contributed by atoms with Gasteiger partial charge in [-0.2, -0.15) is 0 Å². The molecule has 0 aromatic carbocycles. The molecule has 3 N–H and O–H groups in total. The van der Waals surface area contributed by atoms with Gasteiger partial charge < -0.3 is 10.4 Å². The number of carbonyl (C=O) groups is 2. The van der Waals surface area contributed by atoms with Crippen LogP contribution in [0.2, 0.25) is 0 Å². The first-order valence-corrected chi connectivity index (χ1v) is 6.02. The zero-order valence-corrected chi connectivity index (χ0v) is 10.8. The lowest BCUT2D eigenvalue weighted by Gasteiger charge is -2.01. The maximum Gasteiger partial charge on any atom is 0.354 e. The fraction of sp³-hybridized carbons (Fsp3) is 0.250. The number of H-pyrrole nitrogens is 1. The Balaban J connectivity index is 2.04. The number of carboxylic acids is 1. The molecular formula is C12H13N5O3. The highest BCUT2D eigenvalue weighted by Gasteiger charge is 2.13. The lowest BCUT2D eigenvalue weighted by Crippen LogP contribution is -2.14. The van der Waals surface area contributed by atoms with Crippen molar-refractivity contribution in [2.45, 2.75) is 19.8 Å². The van der Waals surface area contributed by atoms with Gasteiger partial charge in [0.2, 0.25) is 5.82 Å². The highest BCUT2D eigenvalue weighted by atomic mass is 16.4. The number of aromatic nitrogens is 4. The molecule has 0 aliphatic heterocycles. The molecule has 20 heavy (non-hydrogen) atoms. The van der Waals surface area contributed by atoms with E-state index in [2.05, 4.69) is 25.5 Å². The van der Waals surface area contributed by atoms with Gasteiger partial charge in [0, 0.05) is 6.42 Å². The van der Waals surface area contributed by atoms with Crippen LogP contribution in [-0.2, 0) is 6.42 Å². The van der Waals surface area contributed by atoms with E-state index >= 15 is 0 Å². The van der Waals surface area contributed by atoms with E-state index in [9.17, 15) is 9.59 Å². The van der Waals surface area contributed by atoms with Crippen molar-refractivity contribution in [1.29, 1.82) is 0 Å². The molecule has 0 fully saturated rings. The Labute approximate surface area is 114 Å². The summed E-state index contributed by atoms with van der Waals surface area (Å²) < 4.78 is 0. The topological polar surface area (TPSA) is 121 Å². The highest BCUT2D eigenvalue weighted by Crippen LogP contribution is 2.08. The Hall–Kier alpha value is -2.77. The molecule has 2 heterocycles. The van der Waals surface area contributed by atoms with Crippen molar-refractivity contribution in [1.82, 2.24) is 20.2 Å². The van der Waals surface area contributed by atoms with Gasteiger partial charge in [-0.3, -0.25) is 9.89 Å². The number of amides is 1. The Morgan fingerprint density at radius 2 is 2.20 bits per heavy atom. The van der Waals surface area contributed by atoms with Crippen molar-refractivity contribution in [3.05, 3.63) is 35.7 Å². The monoisotopic (exact) mass is 275 g/mol. The number of nitrogens with one attached hydrogen (secondary N) is 2. The van der Waals surface area contributed by atoms with Crippen molar-refractivity contribution >= 4 is 17.6 Å². The molecule has 2 aromatic heterocycles. The first kappa shape index (κ1) is 13.7. The Kier molecular flexibility index (Phi) is 4.04. The summed E-state index contributed by atoms with van der Waals surface area (Å²) in [4.78, 5) is 30.2. The number of aromatic amines is 1. The van der Waals surface area contributed by atoms with E-state index < -0.39 is 11.9 Å². The molecule has 0 unspecified atom stereocenters. The standard InChI is InChI=1S/C12H13N5O3/c1-2-3-9-15-10(17-16-9)11(18)14-7-4-5-8(12(19)20)13-6-7/h4-6H,2-3H2,1H3,(H,14,18)(H,19,20)(H,15,16,17). The molecule has 0 saturated heterocycles.